The molecular formula is C28H39F3N6O. The summed E-state index contributed by atoms with van der Waals surface area (Å²) in [4.78, 5) is 9.44. The SMILES string of the molecule is CCC(C)CN(Cc1nc2ccc(N3CCOCC3)nn2c1Nc1cccc(C(F)(F)F)c1C)CC(C)C. The Balaban J connectivity index is 1.78. The second kappa shape index (κ2) is 11.9. The molecule has 0 saturated carbocycles. The van der Waals surface area contributed by atoms with Crippen LogP contribution in [0, 0.1) is 18.8 Å². The van der Waals surface area contributed by atoms with E-state index in [-0.39, 0.29) is 5.56 Å². The normalized spacial score (nSPS) is 15.6. The fraction of sp³-hybridized carbons (Fsp3) is 0.571. The van der Waals surface area contributed by atoms with E-state index in [1.165, 1.54) is 13.0 Å². The fourth-order valence-corrected chi connectivity index (χ4v) is 4.87. The summed E-state index contributed by atoms with van der Waals surface area (Å²) >= 11 is 0. The molecule has 38 heavy (non-hydrogen) atoms. The molecule has 3 aromatic rings. The van der Waals surface area contributed by atoms with Crippen LogP contribution in [0.2, 0.25) is 0 Å². The number of nitrogens with zero attached hydrogens (tertiary/aromatic N) is 5. The highest BCUT2D eigenvalue weighted by molar-refractivity contribution is 5.67. The molecular weight excluding hydrogens is 493 g/mol. The molecule has 0 spiro atoms. The molecule has 1 aliphatic heterocycles. The molecule has 10 heteroatoms. The molecule has 1 aromatic carbocycles. The number of hydrogen-bond donors (Lipinski definition) is 1. The Morgan fingerprint density at radius 2 is 1.82 bits per heavy atom. The number of anilines is 3. The third kappa shape index (κ3) is 6.58. The van der Waals surface area contributed by atoms with Crippen molar-refractivity contribution in [3.63, 3.8) is 0 Å². The lowest BCUT2D eigenvalue weighted by Crippen LogP contribution is -2.37. The number of morpholine rings is 1. The molecule has 1 N–H and O–H groups in total. The minimum Gasteiger partial charge on any atom is -0.378 e. The van der Waals surface area contributed by atoms with Gasteiger partial charge in [0.25, 0.3) is 0 Å². The van der Waals surface area contributed by atoms with E-state index in [1.54, 1.807) is 10.6 Å². The first-order valence-electron chi connectivity index (χ1n) is 13.4. The van der Waals surface area contributed by atoms with E-state index < -0.39 is 11.7 Å². The maximum atomic E-state index is 13.7. The van der Waals surface area contributed by atoms with Gasteiger partial charge >= 0.3 is 6.18 Å². The zero-order valence-corrected chi connectivity index (χ0v) is 23.0. The van der Waals surface area contributed by atoms with Crippen LogP contribution in [0.5, 0.6) is 0 Å². The molecule has 0 radical (unpaired) electrons. The van der Waals surface area contributed by atoms with Gasteiger partial charge in [0.2, 0.25) is 0 Å². The highest BCUT2D eigenvalue weighted by atomic mass is 19.4. The molecule has 1 saturated heterocycles. The van der Waals surface area contributed by atoms with Gasteiger partial charge in [0.15, 0.2) is 11.5 Å². The van der Waals surface area contributed by atoms with E-state index in [0.29, 0.717) is 48.7 Å². The first-order valence-corrected chi connectivity index (χ1v) is 13.4. The van der Waals surface area contributed by atoms with Gasteiger partial charge in [0.05, 0.1) is 24.5 Å². The number of benzene rings is 1. The molecule has 0 aliphatic carbocycles. The van der Waals surface area contributed by atoms with Crippen LogP contribution in [0.25, 0.3) is 5.65 Å². The van der Waals surface area contributed by atoms with Crippen molar-refractivity contribution in [1.82, 2.24) is 19.5 Å². The molecule has 1 unspecified atom stereocenters. The van der Waals surface area contributed by atoms with Crippen LogP contribution in [0.15, 0.2) is 30.3 Å². The largest absolute Gasteiger partial charge is 0.416 e. The van der Waals surface area contributed by atoms with E-state index in [1.807, 2.05) is 12.1 Å². The Labute approximate surface area is 223 Å². The van der Waals surface area contributed by atoms with E-state index in [4.69, 9.17) is 14.8 Å². The van der Waals surface area contributed by atoms with Gasteiger partial charge in [0.1, 0.15) is 5.82 Å². The fourth-order valence-electron chi connectivity index (χ4n) is 4.87. The van der Waals surface area contributed by atoms with Gasteiger partial charge < -0.3 is 15.0 Å². The Kier molecular flexibility index (Phi) is 8.82. The maximum absolute atomic E-state index is 13.7. The van der Waals surface area contributed by atoms with Crippen molar-refractivity contribution in [1.29, 1.82) is 0 Å². The van der Waals surface area contributed by atoms with Crippen LogP contribution in [0.3, 0.4) is 0 Å². The average molecular weight is 533 g/mol. The van der Waals surface area contributed by atoms with E-state index in [0.717, 1.165) is 50.2 Å². The van der Waals surface area contributed by atoms with Crippen LogP contribution in [0.4, 0.5) is 30.5 Å². The summed E-state index contributed by atoms with van der Waals surface area (Å²) < 4.78 is 48.2. The van der Waals surface area contributed by atoms with Gasteiger partial charge in [-0.25, -0.2) is 4.98 Å². The van der Waals surface area contributed by atoms with Crippen molar-refractivity contribution < 1.29 is 17.9 Å². The predicted octanol–water partition coefficient (Wildman–Crippen LogP) is 6.14. The van der Waals surface area contributed by atoms with Crippen LogP contribution in [-0.2, 0) is 17.5 Å². The van der Waals surface area contributed by atoms with Crippen LogP contribution in [0.1, 0.15) is 50.9 Å². The van der Waals surface area contributed by atoms with Gasteiger partial charge in [-0.2, -0.15) is 17.7 Å². The highest BCUT2D eigenvalue weighted by Gasteiger charge is 2.33. The Bertz CT molecular complexity index is 1220. The number of hydrogen-bond acceptors (Lipinski definition) is 6. The first-order chi connectivity index (χ1) is 18.1. The third-order valence-electron chi connectivity index (χ3n) is 7.03. The zero-order chi connectivity index (χ0) is 27.4. The summed E-state index contributed by atoms with van der Waals surface area (Å²) in [5, 5.41) is 8.18. The van der Waals surface area contributed by atoms with E-state index in [9.17, 15) is 13.2 Å². The van der Waals surface area contributed by atoms with Crippen molar-refractivity contribution in [2.24, 2.45) is 11.8 Å². The Hall–Kier alpha value is -2.85. The summed E-state index contributed by atoms with van der Waals surface area (Å²) in [6, 6.07) is 8.09. The maximum Gasteiger partial charge on any atom is 0.416 e. The molecule has 4 rings (SSSR count). The number of ether oxygens (including phenoxy) is 1. The number of halogens is 3. The van der Waals surface area contributed by atoms with Crippen molar-refractivity contribution in [2.75, 3.05) is 49.6 Å². The van der Waals surface area contributed by atoms with Gasteiger partial charge in [-0.1, -0.05) is 40.2 Å². The van der Waals surface area contributed by atoms with Crippen molar-refractivity contribution in [2.45, 2.75) is 53.8 Å². The smallest absolute Gasteiger partial charge is 0.378 e. The molecule has 0 amide bonds. The minimum atomic E-state index is -4.43. The number of nitrogens with one attached hydrogen (secondary N) is 1. The lowest BCUT2D eigenvalue weighted by molar-refractivity contribution is -0.138. The predicted molar refractivity (Wildman–Crippen MR) is 145 cm³/mol. The Morgan fingerprint density at radius 3 is 2.47 bits per heavy atom. The minimum absolute atomic E-state index is 0.142. The number of rotatable bonds is 10. The molecule has 1 fully saturated rings. The molecule has 1 atom stereocenters. The number of alkyl halides is 3. The number of imidazole rings is 1. The highest BCUT2D eigenvalue weighted by Crippen LogP contribution is 2.36. The van der Waals surface area contributed by atoms with Crippen molar-refractivity contribution >= 4 is 23.0 Å². The summed E-state index contributed by atoms with van der Waals surface area (Å²) in [5.41, 5.74) is 1.29. The molecule has 3 heterocycles. The van der Waals surface area contributed by atoms with Crippen LogP contribution < -0.4 is 10.2 Å². The number of aromatic nitrogens is 3. The van der Waals surface area contributed by atoms with Gasteiger partial charge in [-0.15, -0.1) is 5.10 Å². The van der Waals surface area contributed by atoms with Gasteiger partial charge in [0, 0.05) is 38.4 Å². The Morgan fingerprint density at radius 1 is 1.08 bits per heavy atom. The molecule has 208 valence electrons. The van der Waals surface area contributed by atoms with Crippen LogP contribution >= 0.6 is 0 Å². The second-order valence-electron chi connectivity index (χ2n) is 10.7. The average Bonchev–Trinajstić information content (AvgIpc) is 3.20. The second-order valence-corrected chi connectivity index (χ2v) is 10.7. The molecule has 0 bridgehead atoms. The first kappa shape index (κ1) is 28.2. The molecule has 2 aromatic heterocycles. The molecule has 1 aliphatic rings. The lowest BCUT2D eigenvalue weighted by Gasteiger charge is -2.27. The summed E-state index contributed by atoms with van der Waals surface area (Å²) in [5.74, 6) is 2.35. The summed E-state index contributed by atoms with van der Waals surface area (Å²) in [7, 11) is 0. The van der Waals surface area contributed by atoms with Crippen molar-refractivity contribution in [3.8, 4) is 0 Å². The van der Waals surface area contributed by atoms with Gasteiger partial charge in [-0.3, -0.25) is 4.90 Å². The third-order valence-corrected chi connectivity index (χ3v) is 7.03. The topological polar surface area (TPSA) is 57.9 Å². The summed E-state index contributed by atoms with van der Waals surface area (Å²) in [6.07, 6.45) is -3.37. The summed E-state index contributed by atoms with van der Waals surface area (Å²) in [6.45, 7) is 15.4. The molecule has 7 nitrogen and oxygen atoms in total. The monoisotopic (exact) mass is 532 g/mol. The van der Waals surface area contributed by atoms with Crippen molar-refractivity contribution in [3.05, 3.63) is 47.2 Å². The standard InChI is InChI=1S/C28H39F3N6O/c1-6-20(4)17-35(16-19(2)3)18-24-27(33-23-9-7-8-22(21(23)5)28(29,30)31)37-25(32-24)10-11-26(34-37)36-12-14-38-15-13-36/h7-11,19-20,33H,6,12-18H2,1-5H3. The van der Waals surface area contributed by atoms with Crippen LogP contribution in [-0.4, -0.2) is 58.9 Å². The quantitative estimate of drug-likeness (QED) is 0.339. The van der Waals surface area contributed by atoms with Gasteiger partial charge in [-0.05, 0) is 48.6 Å². The van der Waals surface area contributed by atoms with E-state index >= 15 is 0 Å². The zero-order valence-electron chi connectivity index (χ0n) is 23.0. The number of fused-ring (bicyclic) bond motifs is 1. The lowest BCUT2D eigenvalue weighted by atomic mass is 10.1. The van der Waals surface area contributed by atoms with E-state index in [2.05, 4.69) is 42.8 Å².